The first-order valence-electron chi connectivity index (χ1n) is 5.74. The summed E-state index contributed by atoms with van der Waals surface area (Å²) in [4.78, 5) is 0. The molecule has 4 N–H and O–H groups in total. The highest BCUT2D eigenvalue weighted by molar-refractivity contribution is 7.89. The van der Waals surface area contributed by atoms with Crippen LogP contribution in [0, 0.1) is 6.92 Å². The van der Waals surface area contributed by atoms with E-state index in [1.165, 1.54) is 11.3 Å². The van der Waals surface area contributed by atoms with E-state index in [9.17, 15) is 8.42 Å². The van der Waals surface area contributed by atoms with Crippen LogP contribution >= 0.6 is 11.3 Å². The van der Waals surface area contributed by atoms with Gasteiger partial charge in [-0.15, -0.1) is 0 Å². The van der Waals surface area contributed by atoms with E-state index in [2.05, 4.69) is 14.9 Å². The summed E-state index contributed by atoms with van der Waals surface area (Å²) < 4.78 is 27.2. The average Bonchev–Trinajstić information content (AvgIpc) is 2.96. The van der Waals surface area contributed by atoms with Crippen molar-refractivity contribution in [3.8, 4) is 0 Å². The SMILES string of the molecule is Cc1[nH]nc(S(=O)(=O)NC(C)c2ccsc2)c1CN. The maximum Gasteiger partial charge on any atom is 0.260 e. The fraction of sp³-hybridized carbons (Fsp3) is 0.364. The molecule has 2 rings (SSSR count). The quantitative estimate of drug-likeness (QED) is 0.774. The number of nitrogens with one attached hydrogen (secondary N) is 2. The molecule has 0 bridgehead atoms. The largest absolute Gasteiger partial charge is 0.326 e. The van der Waals surface area contributed by atoms with Gasteiger partial charge in [0.1, 0.15) is 0 Å². The highest BCUT2D eigenvalue weighted by Gasteiger charge is 2.25. The maximum atomic E-state index is 12.3. The fourth-order valence-corrected chi connectivity index (χ4v) is 3.96. The molecular formula is C11H16N4O2S2. The van der Waals surface area contributed by atoms with Crippen LogP contribution in [0.4, 0.5) is 0 Å². The number of hydrogen-bond acceptors (Lipinski definition) is 5. The third kappa shape index (κ3) is 2.86. The highest BCUT2D eigenvalue weighted by atomic mass is 32.2. The molecule has 0 amide bonds. The molecular weight excluding hydrogens is 284 g/mol. The lowest BCUT2D eigenvalue weighted by atomic mass is 10.2. The molecule has 6 nitrogen and oxygen atoms in total. The second-order valence-electron chi connectivity index (χ2n) is 4.24. The normalized spacial score (nSPS) is 13.6. The van der Waals surface area contributed by atoms with E-state index in [1.807, 2.05) is 16.8 Å². The third-order valence-electron chi connectivity index (χ3n) is 2.87. The van der Waals surface area contributed by atoms with Crippen molar-refractivity contribution in [2.75, 3.05) is 0 Å². The van der Waals surface area contributed by atoms with Crippen LogP contribution in [0.3, 0.4) is 0 Å². The van der Waals surface area contributed by atoms with Gasteiger partial charge in [-0.2, -0.15) is 16.4 Å². The molecule has 2 aromatic rings. The van der Waals surface area contributed by atoms with Gasteiger partial charge in [0, 0.05) is 23.8 Å². The zero-order valence-corrected chi connectivity index (χ0v) is 12.3. The first-order chi connectivity index (χ1) is 8.95. The molecule has 0 fully saturated rings. The minimum Gasteiger partial charge on any atom is -0.326 e. The van der Waals surface area contributed by atoms with Gasteiger partial charge in [-0.1, -0.05) is 0 Å². The number of aromatic nitrogens is 2. The number of rotatable bonds is 5. The topological polar surface area (TPSA) is 101 Å². The van der Waals surface area contributed by atoms with Gasteiger partial charge in [0.2, 0.25) is 0 Å². The standard InChI is InChI=1S/C11H16N4O2S2/c1-7(9-3-4-18-6-9)15-19(16,17)11-10(5-12)8(2)13-14-11/h3-4,6-7,15H,5,12H2,1-2H3,(H,13,14). The Kier molecular flexibility index (Phi) is 4.04. The molecule has 0 aromatic carbocycles. The maximum absolute atomic E-state index is 12.3. The van der Waals surface area contributed by atoms with Crippen molar-refractivity contribution in [2.45, 2.75) is 31.5 Å². The van der Waals surface area contributed by atoms with E-state index in [0.29, 0.717) is 11.3 Å². The molecule has 104 valence electrons. The molecule has 0 aliphatic carbocycles. The van der Waals surface area contributed by atoms with Crippen LogP contribution in [0.2, 0.25) is 0 Å². The molecule has 2 aromatic heterocycles. The molecule has 0 radical (unpaired) electrons. The van der Waals surface area contributed by atoms with Crippen LogP contribution in [-0.2, 0) is 16.6 Å². The minimum atomic E-state index is -3.68. The number of thiophene rings is 1. The van der Waals surface area contributed by atoms with Crippen molar-refractivity contribution < 1.29 is 8.42 Å². The van der Waals surface area contributed by atoms with Crippen LogP contribution in [0.25, 0.3) is 0 Å². The number of aryl methyl sites for hydroxylation is 1. The number of H-pyrrole nitrogens is 1. The van der Waals surface area contributed by atoms with Crippen molar-refractivity contribution in [1.82, 2.24) is 14.9 Å². The number of nitrogens with zero attached hydrogens (tertiary/aromatic N) is 1. The first-order valence-corrected chi connectivity index (χ1v) is 8.16. The monoisotopic (exact) mass is 300 g/mol. The Labute approximate surface area is 116 Å². The van der Waals surface area contributed by atoms with Crippen LogP contribution in [-0.4, -0.2) is 18.6 Å². The van der Waals surface area contributed by atoms with Gasteiger partial charge in [0.15, 0.2) is 5.03 Å². The number of hydrogen-bond donors (Lipinski definition) is 3. The Balaban J connectivity index is 2.28. The van der Waals surface area contributed by atoms with Gasteiger partial charge in [-0.25, -0.2) is 13.1 Å². The predicted molar refractivity (Wildman–Crippen MR) is 74.3 cm³/mol. The van der Waals surface area contributed by atoms with Gasteiger partial charge < -0.3 is 5.73 Å². The Morgan fingerprint density at radius 3 is 2.89 bits per heavy atom. The van der Waals surface area contributed by atoms with E-state index in [-0.39, 0.29) is 17.6 Å². The van der Waals surface area contributed by atoms with Crippen molar-refractivity contribution in [3.05, 3.63) is 33.6 Å². The lowest BCUT2D eigenvalue weighted by Crippen LogP contribution is -2.28. The number of aromatic amines is 1. The van der Waals surface area contributed by atoms with Gasteiger partial charge in [0.25, 0.3) is 10.0 Å². The summed E-state index contributed by atoms with van der Waals surface area (Å²) in [5.74, 6) is 0. The van der Waals surface area contributed by atoms with Gasteiger partial charge >= 0.3 is 0 Å². The van der Waals surface area contributed by atoms with Crippen molar-refractivity contribution in [3.63, 3.8) is 0 Å². The van der Waals surface area contributed by atoms with Crippen LogP contribution in [0.5, 0.6) is 0 Å². The molecule has 1 unspecified atom stereocenters. The second kappa shape index (κ2) is 5.41. The summed E-state index contributed by atoms with van der Waals surface area (Å²) in [6.07, 6.45) is 0. The average molecular weight is 300 g/mol. The third-order valence-corrected chi connectivity index (χ3v) is 5.08. The Hall–Kier alpha value is -1.22. The molecule has 0 aliphatic heterocycles. The van der Waals surface area contributed by atoms with Crippen molar-refractivity contribution in [2.24, 2.45) is 5.73 Å². The number of nitrogens with two attached hydrogens (primary N) is 1. The van der Waals surface area contributed by atoms with E-state index in [0.717, 1.165) is 5.56 Å². The molecule has 0 spiro atoms. The Bertz CT molecular complexity index is 646. The summed E-state index contributed by atoms with van der Waals surface area (Å²) in [5, 5.41) is 10.3. The molecule has 0 aliphatic rings. The summed E-state index contributed by atoms with van der Waals surface area (Å²) >= 11 is 1.52. The molecule has 0 saturated carbocycles. The zero-order chi connectivity index (χ0) is 14.0. The van der Waals surface area contributed by atoms with Crippen molar-refractivity contribution in [1.29, 1.82) is 0 Å². The number of sulfonamides is 1. The van der Waals surface area contributed by atoms with E-state index in [4.69, 9.17) is 5.73 Å². The minimum absolute atomic E-state index is 0.0189. The van der Waals surface area contributed by atoms with Crippen LogP contribution < -0.4 is 10.5 Å². The van der Waals surface area contributed by atoms with E-state index in [1.54, 1.807) is 13.8 Å². The van der Waals surface area contributed by atoms with Crippen LogP contribution in [0.15, 0.2) is 21.9 Å². The smallest absolute Gasteiger partial charge is 0.260 e. The summed E-state index contributed by atoms with van der Waals surface area (Å²) in [6.45, 7) is 3.67. The zero-order valence-electron chi connectivity index (χ0n) is 10.7. The lowest BCUT2D eigenvalue weighted by Gasteiger charge is -2.12. The van der Waals surface area contributed by atoms with Crippen LogP contribution in [0.1, 0.15) is 29.8 Å². The van der Waals surface area contributed by atoms with Crippen molar-refractivity contribution >= 4 is 21.4 Å². The molecule has 2 heterocycles. The molecule has 1 atom stereocenters. The van der Waals surface area contributed by atoms with Gasteiger partial charge in [0.05, 0.1) is 0 Å². The highest BCUT2D eigenvalue weighted by Crippen LogP contribution is 2.20. The van der Waals surface area contributed by atoms with Gasteiger partial charge in [-0.3, -0.25) is 5.10 Å². The summed E-state index contributed by atoms with van der Waals surface area (Å²) in [5.41, 5.74) is 7.68. The molecule has 8 heteroatoms. The Morgan fingerprint density at radius 1 is 1.58 bits per heavy atom. The first kappa shape index (κ1) is 14.2. The molecule has 0 saturated heterocycles. The summed E-state index contributed by atoms with van der Waals surface area (Å²) in [7, 11) is -3.68. The predicted octanol–water partition coefficient (Wildman–Crippen LogP) is 1.28. The van der Waals surface area contributed by atoms with Gasteiger partial charge in [-0.05, 0) is 36.2 Å². The Morgan fingerprint density at radius 2 is 2.32 bits per heavy atom. The fourth-order valence-electron chi connectivity index (χ4n) is 1.77. The van der Waals surface area contributed by atoms with E-state index < -0.39 is 10.0 Å². The summed E-state index contributed by atoms with van der Waals surface area (Å²) in [6, 6.07) is 1.58. The van der Waals surface area contributed by atoms with E-state index >= 15 is 0 Å². The second-order valence-corrected chi connectivity index (χ2v) is 6.65. The lowest BCUT2D eigenvalue weighted by molar-refractivity contribution is 0.561. The molecule has 19 heavy (non-hydrogen) atoms.